The van der Waals surface area contributed by atoms with E-state index in [1.54, 1.807) is 0 Å². The molecule has 1 aliphatic heterocycles. The van der Waals surface area contributed by atoms with Crippen molar-refractivity contribution in [3.8, 4) is 5.75 Å². The normalized spacial score (nSPS) is 28.1. The number of rotatable bonds is 4. The van der Waals surface area contributed by atoms with Gasteiger partial charge >= 0.3 is 0 Å². The molecule has 0 N–H and O–H groups in total. The van der Waals surface area contributed by atoms with E-state index in [2.05, 4.69) is 26.0 Å². The van der Waals surface area contributed by atoms with Gasteiger partial charge < -0.3 is 9.47 Å². The molecule has 1 heterocycles. The second-order valence-corrected chi connectivity index (χ2v) is 5.66. The lowest BCUT2D eigenvalue weighted by molar-refractivity contribution is -0.0684. The van der Waals surface area contributed by atoms with Gasteiger partial charge in [-0.05, 0) is 43.9 Å². The summed E-state index contributed by atoms with van der Waals surface area (Å²) in [6, 6.07) is 8.19. The van der Waals surface area contributed by atoms with Crippen molar-refractivity contribution in [2.75, 3.05) is 13.2 Å². The van der Waals surface area contributed by atoms with Gasteiger partial charge in [-0.1, -0.05) is 19.1 Å². The standard InChI is InChI=1S/C15H21ClO2/c1-3-9-17-14-6-4-12(5-7-14)15(2)11-13(16)8-10-18-15/h4-7,13H,3,8-11H2,1-2H3. The van der Waals surface area contributed by atoms with Crippen LogP contribution < -0.4 is 4.74 Å². The van der Waals surface area contributed by atoms with Gasteiger partial charge in [-0.2, -0.15) is 0 Å². The van der Waals surface area contributed by atoms with Crippen LogP contribution in [-0.4, -0.2) is 18.6 Å². The van der Waals surface area contributed by atoms with E-state index < -0.39 is 0 Å². The van der Waals surface area contributed by atoms with Crippen molar-refractivity contribution >= 4 is 11.6 Å². The third-order valence-electron chi connectivity index (χ3n) is 3.40. The largest absolute Gasteiger partial charge is 0.494 e. The van der Waals surface area contributed by atoms with Crippen LogP contribution in [0, 0.1) is 0 Å². The molecule has 0 amide bonds. The molecule has 1 saturated heterocycles. The number of halogens is 1. The topological polar surface area (TPSA) is 18.5 Å². The van der Waals surface area contributed by atoms with Gasteiger partial charge in [0.2, 0.25) is 0 Å². The van der Waals surface area contributed by atoms with E-state index in [-0.39, 0.29) is 11.0 Å². The molecular weight excluding hydrogens is 248 g/mol. The van der Waals surface area contributed by atoms with E-state index in [9.17, 15) is 0 Å². The van der Waals surface area contributed by atoms with Crippen molar-refractivity contribution < 1.29 is 9.47 Å². The third kappa shape index (κ3) is 3.18. The zero-order valence-corrected chi connectivity index (χ0v) is 11.9. The quantitative estimate of drug-likeness (QED) is 0.765. The van der Waals surface area contributed by atoms with Gasteiger partial charge in [-0.3, -0.25) is 0 Å². The van der Waals surface area contributed by atoms with Crippen LogP contribution in [0.15, 0.2) is 24.3 Å². The molecule has 2 atom stereocenters. The van der Waals surface area contributed by atoms with Crippen molar-refractivity contribution in [3.63, 3.8) is 0 Å². The number of ether oxygens (including phenoxy) is 2. The molecule has 0 saturated carbocycles. The summed E-state index contributed by atoms with van der Waals surface area (Å²) in [6.07, 6.45) is 2.83. The number of hydrogen-bond acceptors (Lipinski definition) is 2. The molecule has 0 spiro atoms. The molecule has 2 rings (SSSR count). The highest BCUT2D eigenvalue weighted by Gasteiger charge is 2.34. The van der Waals surface area contributed by atoms with Crippen LogP contribution in [0.2, 0.25) is 0 Å². The Bertz CT molecular complexity index is 377. The molecule has 100 valence electrons. The molecule has 1 aromatic rings. The maximum Gasteiger partial charge on any atom is 0.119 e. The number of alkyl halides is 1. The lowest BCUT2D eigenvalue weighted by Crippen LogP contribution is -2.35. The van der Waals surface area contributed by atoms with Crippen molar-refractivity contribution in [1.82, 2.24) is 0 Å². The zero-order chi connectivity index (χ0) is 13.0. The second-order valence-electron chi connectivity index (χ2n) is 5.04. The zero-order valence-electron chi connectivity index (χ0n) is 11.1. The molecule has 0 bridgehead atoms. The highest BCUT2D eigenvalue weighted by Crippen LogP contribution is 2.37. The van der Waals surface area contributed by atoms with Crippen LogP contribution in [0.25, 0.3) is 0 Å². The van der Waals surface area contributed by atoms with Crippen LogP contribution in [0.4, 0.5) is 0 Å². The van der Waals surface area contributed by atoms with Gasteiger partial charge in [0.15, 0.2) is 0 Å². The SMILES string of the molecule is CCCOc1ccc(C2(C)CC(Cl)CCO2)cc1. The van der Waals surface area contributed by atoms with E-state index in [1.807, 2.05) is 12.1 Å². The van der Waals surface area contributed by atoms with E-state index in [0.717, 1.165) is 38.2 Å². The summed E-state index contributed by atoms with van der Waals surface area (Å²) in [5.41, 5.74) is 0.921. The highest BCUT2D eigenvalue weighted by molar-refractivity contribution is 6.20. The molecular formula is C15H21ClO2. The van der Waals surface area contributed by atoms with E-state index in [0.29, 0.717) is 0 Å². The summed E-state index contributed by atoms with van der Waals surface area (Å²) >= 11 is 6.25. The Morgan fingerprint density at radius 1 is 1.39 bits per heavy atom. The Morgan fingerprint density at radius 3 is 2.72 bits per heavy atom. The Balaban J connectivity index is 2.08. The molecule has 1 aliphatic rings. The first-order valence-corrected chi connectivity index (χ1v) is 7.09. The summed E-state index contributed by atoms with van der Waals surface area (Å²) in [6.45, 7) is 5.71. The van der Waals surface area contributed by atoms with Crippen molar-refractivity contribution in [3.05, 3.63) is 29.8 Å². The third-order valence-corrected chi connectivity index (χ3v) is 3.77. The van der Waals surface area contributed by atoms with Crippen LogP contribution in [-0.2, 0) is 10.3 Å². The Morgan fingerprint density at radius 2 is 2.11 bits per heavy atom. The molecule has 0 aliphatic carbocycles. The van der Waals surface area contributed by atoms with Crippen molar-refractivity contribution in [2.45, 2.75) is 44.1 Å². The average Bonchev–Trinajstić information content (AvgIpc) is 2.36. The van der Waals surface area contributed by atoms with Gasteiger partial charge in [-0.25, -0.2) is 0 Å². The van der Waals surface area contributed by atoms with Gasteiger partial charge in [0.05, 0.1) is 12.2 Å². The highest BCUT2D eigenvalue weighted by atomic mass is 35.5. The lowest BCUT2D eigenvalue weighted by Gasteiger charge is -2.36. The summed E-state index contributed by atoms with van der Waals surface area (Å²) < 4.78 is 11.5. The smallest absolute Gasteiger partial charge is 0.119 e. The second kappa shape index (κ2) is 5.94. The van der Waals surface area contributed by atoms with E-state index in [4.69, 9.17) is 21.1 Å². The number of benzene rings is 1. The predicted molar refractivity (Wildman–Crippen MR) is 74.4 cm³/mol. The van der Waals surface area contributed by atoms with Crippen LogP contribution in [0.1, 0.15) is 38.7 Å². The summed E-state index contributed by atoms with van der Waals surface area (Å²) in [7, 11) is 0. The van der Waals surface area contributed by atoms with E-state index >= 15 is 0 Å². The van der Waals surface area contributed by atoms with Gasteiger partial charge in [0.1, 0.15) is 5.75 Å². The average molecular weight is 269 g/mol. The maximum absolute atomic E-state index is 6.25. The van der Waals surface area contributed by atoms with Gasteiger partial charge in [0, 0.05) is 12.0 Å². The minimum absolute atomic E-state index is 0.208. The molecule has 2 unspecified atom stereocenters. The van der Waals surface area contributed by atoms with Crippen LogP contribution in [0.5, 0.6) is 5.75 Å². The Hall–Kier alpha value is -0.730. The summed E-state index contributed by atoms with van der Waals surface area (Å²) in [5, 5.41) is 0.208. The fourth-order valence-electron chi connectivity index (χ4n) is 2.32. The minimum atomic E-state index is -0.256. The maximum atomic E-state index is 6.25. The van der Waals surface area contributed by atoms with Crippen molar-refractivity contribution in [2.24, 2.45) is 0 Å². The number of hydrogen-bond donors (Lipinski definition) is 0. The van der Waals surface area contributed by atoms with Crippen LogP contribution >= 0.6 is 11.6 Å². The molecule has 18 heavy (non-hydrogen) atoms. The fourth-order valence-corrected chi connectivity index (χ4v) is 2.70. The van der Waals surface area contributed by atoms with Crippen LogP contribution in [0.3, 0.4) is 0 Å². The van der Waals surface area contributed by atoms with E-state index in [1.165, 1.54) is 5.56 Å². The predicted octanol–water partition coefficient (Wildman–Crippen LogP) is 4.11. The molecule has 1 fully saturated rings. The monoisotopic (exact) mass is 268 g/mol. The molecule has 2 nitrogen and oxygen atoms in total. The Kier molecular flexibility index (Phi) is 4.52. The summed E-state index contributed by atoms with van der Waals surface area (Å²) in [5.74, 6) is 0.919. The first kappa shape index (κ1) is 13.7. The molecule has 3 heteroatoms. The van der Waals surface area contributed by atoms with Gasteiger partial charge in [0.25, 0.3) is 0 Å². The molecule has 0 aromatic heterocycles. The Labute approximate surface area is 114 Å². The lowest BCUT2D eigenvalue weighted by atomic mass is 9.88. The van der Waals surface area contributed by atoms with Gasteiger partial charge in [-0.15, -0.1) is 11.6 Å². The first-order chi connectivity index (χ1) is 8.64. The molecule has 1 aromatic carbocycles. The minimum Gasteiger partial charge on any atom is -0.494 e. The molecule has 0 radical (unpaired) electrons. The fraction of sp³-hybridized carbons (Fsp3) is 0.600. The van der Waals surface area contributed by atoms with Crippen molar-refractivity contribution in [1.29, 1.82) is 0 Å². The summed E-state index contributed by atoms with van der Waals surface area (Å²) in [4.78, 5) is 0. The first-order valence-electron chi connectivity index (χ1n) is 6.65.